The van der Waals surface area contributed by atoms with Gasteiger partial charge in [0.1, 0.15) is 11.8 Å². The first-order valence-electron chi connectivity index (χ1n) is 9.46. The molecule has 27 heavy (non-hydrogen) atoms. The summed E-state index contributed by atoms with van der Waals surface area (Å²) in [7, 11) is 3.00. The number of hydrogen-bond acceptors (Lipinski definition) is 5. The second-order valence-electron chi connectivity index (χ2n) is 7.29. The molecule has 0 spiro atoms. The van der Waals surface area contributed by atoms with Gasteiger partial charge in [0.05, 0.1) is 20.8 Å². The number of carbonyl (C=O) groups excluding carboxylic acids is 2. The van der Waals surface area contributed by atoms with E-state index in [0.29, 0.717) is 23.2 Å². The van der Waals surface area contributed by atoms with Gasteiger partial charge in [-0.05, 0) is 43.4 Å². The summed E-state index contributed by atoms with van der Waals surface area (Å²) < 4.78 is 10.3. The highest BCUT2D eigenvalue weighted by Crippen LogP contribution is 2.39. The Bertz CT molecular complexity index is 697. The molecule has 2 aliphatic rings. The summed E-state index contributed by atoms with van der Waals surface area (Å²) in [5, 5.41) is 3.52. The molecule has 7 heteroatoms. The smallest absolute Gasteiger partial charge is 0.323 e. The fraction of sp³-hybridized carbons (Fsp3) is 0.600. The third-order valence-electron chi connectivity index (χ3n) is 5.74. The van der Waals surface area contributed by atoms with Crippen LogP contribution in [-0.2, 0) is 20.9 Å². The third kappa shape index (κ3) is 4.55. The molecule has 1 saturated heterocycles. The molecule has 1 aromatic rings. The largest absolute Gasteiger partial charge is 0.496 e. The van der Waals surface area contributed by atoms with Gasteiger partial charge in [0.2, 0.25) is 5.91 Å². The van der Waals surface area contributed by atoms with Crippen LogP contribution in [0.2, 0.25) is 5.02 Å². The van der Waals surface area contributed by atoms with Crippen LogP contribution in [0.1, 0.15) is 37.7 Å². The highest BCUT2D eigenvalue weighted by Gasteiger charge is 2.46. The zero-order valence-electron chi connectivity index (χ0n) is 15.9. The number of methoxy groups -OCH3 is 2. The van der Waals surface area contributed by atoms with E-state index in [0.717, 1.165) is 31.2 Å². The van der Waals surface area contributed by atoms with Crippen LogP contribution < -0.4 is 10.1 Å². The Balaban J connectivity index is 1.64. The minimum atomic E-state index is -0.324. The molecule has 1 saturated carbocycles. The van der Waals surface area contributed by atoms with Crippen molar-refractivity contribution in [2.75, 3.05) is 20.8 Å². The lowest BCUT2D eigenvalue weighted by Crippen LogP contribution is -2.47. The Morgan fingerprint density at radius 2 is 2.04 bits per heavy atom. The second kappa shape index (κ2) is 8.93. The summed E-state index contributed by atoms with van der Waals surface area (Å²) in [6.45, 7) is 0.525. The summed E-state index contributed by atoms with van der Waals surface area (Å²) in [5.41, 5.74) is 0.819. The number of amides is 1. The average molecular weight is 395 g/mol. The lowest BCUT2D eigenvalue weighted by molar-refractivity contribution is -0.146. The number of ether oxygens (including phenoxy) is 2. The molecule has 148 valence electrons. The molecule has 0 aromatic heterocycles. The number of hydrogen-bond donors (Lipinski definition) is 1. The molecule has 6 nitrogen and oxygen atoms in total. The van der Waals surface area contributed by atoms with Gasteiger partial charge < -0.3 is 14.8 Å². The number of benzene rings is 1. The van der Waals surface area contributed by atoms with Gasteiger partial charge >= 0.3 is 5.97 Å². The van der Waals surface area contributed by atoms with Crippen molar-refractivity contribution in [1.29, 1.82) is 0 Å². The second-order valence-corrected chi connectivity index (χ2v) is 7.73. The number of rotatable bonds is 6. The van der Waals surface area contributed by atoms with Gasteiger partial charge in [-0.25, -0.2) is 0 Å². The van der Waals surface area contributed by atoms with Gasteiger partial charge in [0.15, 0.2) is 0 Å². The van der Waals surface area contributed by atoms with Crippen molar-refractivity contribution in [3.05, 3.63) is 28.8 Å². The van der Waals surface area contributed by atoms with Crippen molar-refractivity contribution in [3.63, 3.8) is 0 Å². The van der Waals surface area contributed by atoms with Crippen LogP contribution >= 0.6 is 11.6 Å². The Hall–Kier alpha value is -1.79. The normalized spacial score (nSPS) is 24.9. The van der Waals surface area contributed by atoms with E-state index in [1.165, 1.54) is 13.5 Å². The number of esters is 1. The molecule has 1 aromatic carbocycles. The number of halogens is 1. The van der Waals surface area contributed by atoms with E-state index in [-0.39, 0.29) is 30.5 Å². The standard InChI is InChI=1S/C20H27ClN2O4/c1-26-18-8-7-15(21)9-14(18)11-22-19(24)12-23-16-6-4-3-5-13(16)10-17(23)20(25)27-2/h7-9,13,16-17H,3-6,10-12H2,1-2H3,(H,22,24). The summed E-state index contributed by atoms with van der Waals surface area (Å²) in [4.78, 5) is 26.9. The Kier molecular flexibility index (Phi) is 6.60. The SMILES string of the molecule is COC(=O)C1CC2CCCCC2N1CC(=O)NCc1cc(Cl)ccc1OC. The topological polar surface area (TPSA) is 67.9 Å². The molecule has 3 unspecified atom stereocenters. The van der Waals surface area contributed by atoms with Crippen molar-refractivity contribution in [2.45, 2.75) is 50.7 Å². The van der Waals surface area contributed by atoms with Crippen LogP contribution in [0.5, 0.6) is 5.75 Å². The summed E-state index contributed by atoms with van der Waals surface area (Å²) in [6, 6.07) is 5.28. The van der Waals surface area contributed by atoms with Crippen LogP contribution in [-0.4, -0.2) is 49.6 Å². The van der Waals surface area contributed by atoms with Crippen LogP contribution in [0.25, 0.3) is 0 Å². The summed E-state index contributed by atoms with van der Waals surface area (Å²) >= 11 is 6.04. The van der Waals surface area contributed by atoms with Crippen molar-refractivity contribution < 1.29 is 19.1 Å². The zero-order valence-corrected chi connectivity index (χ0v) is 16.6. The molecule has 1 heterocycles. The minimum absolute atomic E-state index is 0.114. The van der Waals surface area contributed by atoms with Crippen molar-refractivity contribution in [1.82, 2.24) is 10.2 Å². The monoisotopic (exact) mass is 394 g/mol. The van der Waals surface area contributed by atoms with E-state index in [1.54, 1.807) is 25.3 Å². The lowest BCUT2D eigenvalue weighted by atomic mass is 9.85. The van der Waals surface area contributed by atoms with Gasteiger partial charge in [-0.3, -0.25) is 14.5 Å². The molecule has 2 fully saturated rings. The first kappa shape index (κ1) is 20.0. The molecule has 1 aliphatic heterocycles. The number of nitrogens with zero attached hydrogens (tertiary/aromatic N) is 1. The highest BCUT2D eigenvalue weighted by molar-refractivity contribution is 6.30. The van der Waals surface area contributed by atoms with E-state index in [2.05, 4.69) is 5.32 Å². The van der Waals surface area contributed by atoms with Crippen LogP contribution in [0.3, 0.4) is 0 Å². The molecule has 0 radical (unpaired) electrons. The van der Waals surface area contributed by atoms with Crippen LogP contribution in [0.4, 0.5) is 0 Å². The molecular formula is C20H27ClN2O4. The molecule has 3 rings (SSSR count). The maximum absolute atomic E-state index is 12.6. The van der Waals surface area contributed by atoms with Crippen LogP contribution in [0.15, 0.2) is 18.2 Å². The number of nitrogens with one attached hydrogen (secondary N) is 1. The molecule has 1 aliphatic carbocycles. The maximum Gasteiger partial charge on any atom is 0.323 e. The number of fused-ring (bicyclic) bond motifs is 1. The van der Waals surface area contributed by atoms with Gasteiger partial charge in [0, 0.05) is 23.2 Å². The molecular weight excluding hydrogens is 368 g/mol. The Morgan fingerprint density at radius 3 is 2.78 bits per heavy atom. The van der Waals surface area contributed by atoms with E-state index in [4.69, 9.17) is 21.1 Å². The van der Waals surface area contributed by atoms with Gasteiger partial charge in [0.25, 0.3) is 0 Å². The average Bonchev–Trinajstić information content (AvgIpc) is 3.04. The van der Waals surface area contributed by atoms with Crippen molar-refractivity contribution >= 4 is 23.5 Å². The third-order valence-corrected chi connectivity index (χ3v) is 5.97. The predicted molar refractivity (Wildman–Crippen MR) is 103 cm³/mol. The van der Waals surface area contributed by atoms with E-state index in [9.17, 15) is 9.59 Å². The molecule has 1 amide bonds. The van der Waals surface area contributed by atoms with Crippen molar-refractivity contribution in [3.8, 4) is 5.75 Å². The molecule has 0 bridgehead atoms. The van der Waals surface area contributed by atoms with Crippen LogP contribution in [0, 0.1) is 5.92 Å². The highest BCUT2D eigenvalue weighted by atomic mass is 35.5. The maximum atomic E-state index is 12.6. The number of likely N-dealkylation sites (tertiary alicyclic amines) is 1. The summed E-state index contributed by atoms with van der Waals surface area (Å²) in [5.74, 6) is 0.801. The van der Waals surface area contributed by atoms with Crippen molar-refractivity contribution in [2.24, 2.45) is 5.92 Å². The number of carbonyl (C=O) groups is 2. The molecule has 3 atom stereocenters. The molecule has 1 N–H and O–H groups in total. The summed E-state index contributed by atoms with van der Waals surface area (Å²) in [6.07, 6.45) is 5.28. The van der Waals surface area contributed by atoms with Gasteiger partial charge in [-0.15, -0.1) is 0 Å². The lowest BCUT2D eigenvalue weighted by Gasteiger charge is -2.32. The Labute approximate surface area is 165 Å². The fourth-order valence-corrected chi connectivity index (χ4v) is 4.64. The predicted octanol–water partition coefficient (Wildman–Crippen LogP) is 2.77. The quantitative estimate of drug-likeness (QED) is 0.751. The zero-order chi connectivity index (χ0) is 19.4. The van der Waals surface area contributed by atoms with Gasteiger partial charge in [-0.2, -0.15) is 0 Å². The Morgan fingerprint density at radius 1 is 1.26 bits per heavy atom. The first-order valence-corrected chi connectivity index (χ1v) is 9.84. The minimum Gasteiger partial charge on any atom is -0.496 e. The first-order chi connectivity index (χ1) is 13.0. The van der Waals surface area contributed by atoms with E-state index >= 15 is 0 Å². The van der Waals surface area contributed by atoms with Gasteiger partial charge in [-0.1, -0.05) is 24.4 Å². The van der Waals surface area contributed by atoms with E-state index < -0.39 is 0 Å². The van der Waals surface area contributed by atoms with E-state index in [1.807, 2.05) is 4.90 Å². The fourth-order valence-electron chi connectivity index (χ4n) is 4.45.